The summed E-state index contributed by atoms with van der Waals surface area (Å²) in [6, 6.07) is 4.56. The van der Waals surface area contributed by atoms with Crippen LogP contribution in [0.2, 0.25) is 0 Å². The molecule has 2 aliphatic heterocycles. The predicted octanol–water partition coefficient (Wildman–Crippen LogP) is 2.97. The molecule has 190 valence electrons. The first-order valence-electron chi connectivity index (χ1n) is 12.4. The predicted molar refractivity (Wildman–Crippen MR) is 133 cm³/mol. The average Bonchev–Trinajstić information content (AvgIpc) is 2.81. The van der Waals surface area contributed by atoms with Gasteiger partial charge in [0, 0.05) is 56.8 Å². The lowest BCUT2D eigenvalue weighted by atomic mass is 9.98. The molecule has 0 saturated carbocycles. The number of likely N-dealkylation sites (N-methyl/N-ethyl adjacent to an activating group) is 1. The Morgan fingerprint density at radius 2 is 2.00 bits per heavy atom. The van der Waals surface area contributed by atoms with Crippen LogP contribution in [-0.2, 0) is 14.8 Å². The maximum Gasteiger partial charge on any atom is 0.247 e. The smallest absolute Gasteiger partial charge is 0.247 e. The van der Waals surface area contributed by atoms with Gasteiger partial charge in [-0.05, 0) is 57.4 Å². The van der Waals surface area contributed by atoms with E-state index in [1.165, 1.54) is 4.31 Å². The summed E-state index contributed by atoms with van der Waals surface area (Å²) >= 11 is 0. The fourth-order valence-corrected chi connectivity index (χ4v) is 6.39. The molecule has 0 amide bonds. The summed E-state index contributed by atoms with van der Waals surface area (Å²) in [4.78, 5) is 2.43. The number of aliphatic hydroxyl groups excluding tert-OH is 1. The van der Waals surface area contributed by atoms with E-state index in [9.17, 15) is 13.5 Å². The summed E-state index contributed by atoms with van der Waals surface area (Å²) in [7, 11) is -1.73. The van der Waals surface area contributed by atoms with Gasteiger partial charge in [0.05, 0.1) is 6.61 Å². The Bertz CT molecular complexity index is 965. The first-order chi connectivity index (χ1) is 16.3. The number of unbranched alkanes of at least 4 members (excludes halogenated alkanes) is 1. The normalized spacial score (nSPS) is 24.3. The number of nitrogens with zero attached hydrogens (tertiary/aromatic N) is 2. The third-order valence-electron chi connectivity index (χ3n) is 6.68. The molecule has 3 rings (SSSR count). The second kappa shape index (κ2) is 12.4. The fraction of sp³-hybridized carbons (Fsp3) is 0.692. The van der Waals surface area contributed by atoms with Crippen molar-refractivity contribution in [3.63, 3.8) is 0 Å². The van der Waals surface area contributed by atoms with Gasteiger partial charge in [0.25, 0.3) is 0 Å². The molecule has 1 fully saturated rings. The average molecular weight is 493 g/mol. The molecular weight excluding hydrogens is 452 g/mol. The van der Waals surface area contributed by atoms with E-state index in [-0.39, 0.29) is 30.1 Å². The number of hydrogen-bond donors (Lipinski definition) is 1. The van der Waals surface area contributed by atoms with Crippen molar-refractivity contribution >= 4 is 10.0 Å². The number of ether oxygens (including phenoxy) is 2. The Morgan fingerprint density at radius 3 is 2.68 bits per heavy atom. The van der Waals surface area contributed by atoms with Crippen molar-refractivity contribution in [3.8, 4) is 17.6 Å². The number of rotatable bonds is 7. The zero-order valence-corrected chi connectivity index (χ0v) is 21.8. The summed E-state index contributed by atoms with van der Waals surface area (Å²) in [6.45, 7) is 9.16. The van der Waals surface area contributed by atoms with Crippen LogP contribution in [0.5, 0.6) is 5.75 Å². The lowest BCUT2D eigenvalue weighted by Gasteiger charge is -2.38. The van der Waals surface area contributed by atoms with Crippen LogP contribution >= 0.6 is 0 Å². The highest BCUT2D eigenvalue weighted by molar-refractivity contribution is 7.89. The third kappa shape index (κ3) is 6.73. The van der Waals surface area contributed by atoms with Crippen LogP contribution in [0, 0.1) is 23.7 Å². The van der Waals surface area contributed by atoms with Crippen molar-refractivity contribution in [1.29, 1.82) is 0 Å². The highest BCUT2D eigenvalue weighted by Crippen LogP contribution is 2.34. The summed E-state index contributed by atoms with van der Waals surface area (Å²) < 4.78 is 40.5. The summed E-state index contributed by atoms with van der Waals surface area (Å²) in [5.41, 5.74) is 0.742. The lowest BCUT2D eigenvalue weighted by molar-refractivity contribution is 0.0402. The summed E-state index contributed by atoms with van der Waals surface area (Å²) in [6.07, 6.45) is 3.68. The van der Waals surface area contributed by atoms with E-state index in [0.29, 0.717) is 18.2 Å². The SMILES string of the molecule is CCCC#Cc1ccc2c(c1)O[C@@H](CN(C)CC1CCOCC1)[C@H](C)CN([C@H](C)CO)S2(=O)=O. The van der Waals surface area contributed by atoms with Crippen LogP contribution in [0.1, 0.15) is 52.0 Å². The van der Waals surface area contributed by atoms with E-state index >= 15 is 0 Å². The van der Waals surface area contributed by atoms with E-state index in [2.05, 4.69) is 30.7 Å². The zero-order chi connectivity index (χ0) is 24.7. The second-order valence-corrected chi connectivity index (χ2v) is 11.6. The Balaban J connectivity index is 1.92. The molecule has 7 nitrogen and oxygen atoms in total. The first kappa shape index (κ1) is 27.0. The van der Waals surface area contributed by atoms with Gasteiger partial charge in [0.2, 0.25) is 10.0 Å². The Labute approximate surface area is 205 Å². The number of aliphatic hydroxyl groups is 1. The molecule has 8 heteroatoms. The van der Waals surface area contributed by atoms with Crippen LogP contribution in [0.25, 0.3) is 0 Å². The molecule has 0 aliphatic carbocycles. The van der Waals surface area contributed by atoms with Gasteiger partial charge >= 0.3 is 0 Å². The Morgan fingerprint density at radius 1 is 1.26 bits per heavy atom. The van der Waals surface area contributed by atoms with Crippen LogP contribution in [0.15, 0.2) is 23.1 Å². The number of benzene rings is 1. The van der Waals surface area contributed by atoms with E-state index in [4.69, 9.17) is 9.47 Å². The van der Waals surface area contributed by atoms with Gasteiger partial charge in [-0.3, -0.25) is 0 Å². The maximum absolute atomic E-state index is 13.6. The molecule has 1 aromatic rings. The standard InChI is InChI=1S/C26H40N2O5S/c1-5-6-7-8-22-9-10-26-24(15-22)33-25(18-27(4)17-23-11-13-32-14-12-23)20(2)16-28(21(3)19-29)34(26,30)31/h9-10,15,20-21,23,25,29H,5-6,11-14,16-19H2,1-4H3/t20-,21-,25+/m1/s1. The van der Waals surface area contributed by atoms with Crippen molar-refractivity contribution in [3.05, 3.63) is 23.8 Å². The Hall–Kier alpha value is -1.63. The van der Waals surface area contributed by atoms with E-state index < -0.39 is 16.1 Å². The molecule has 2 heterocycles. The molecule has 1 N–H and O–H groups in total. The molecule has 2 aliphatic rings. The lowest BCUT2D eigenvalue weighted by Crippen LogP contribution is -2.50. The van der Waals surface area contributed by atoms with Crippen molar-refractivity contribution < 1.29 is 23.0 Å². The summed E-state index contributed by atoms with van der Waals surface area (Å²) in [5.74, 6) is 7.12. The van der Waals surface area contributed by atoms with Gasteiger partial charge in [0.1, 0.15) is 16.7 Å². The van der Waals surface area contributed by atoms with E-state index in [0.717, 1.165) is 51.0 Å². The quantitative estimate of drug-likeness (QED) is 0.590. The van der Waals surface area contributed by atoms with Crippen molar-refractivity contribution in [2.75, 3.05) is 46.5 Å². The fourth-order valence-electron chi connectivity index (χ4n) is 4.56. The minimum atomic E-state index is -3.83. The number of hydrogen-bond acceptors (Lipinski definition) is 6. The zero-order valence-electron chi connectivity index (χ0n) is 21.0. The van der Waals surface area contributed by atoms with Crippen LogP contribution in [-0.4, -0.2) is 81.4 Å². The highest BCUT2D eigenvalue weighted by Gasteiger charge is 2.38. The molecule has 1 aromatic carbocycles. The summed E-state index contributed by atoms with van der Waals surface area (Å²) in [5, 5.41) is 9.80. The monoisotopic (exact) mass is 492 g/mol. The first-order valence-corrected chi connectivity index (χ1v) is 13.9. The third-order valence-corrected chi connectivity index (χ3v) is 8.70. The highest BCUT2D eigenvalue weighted by atomic mass is 32.2. The van der Waals surface area contributed by atoms with Gasteiger partial charge in [0.15, 0.2) is 0 Å². The van der Waals surface area contributed by atoms with Gasteiger partial charge < -0.3 is 19.5 Å². The molecule has 0 radical (unpaired) electrons. The van der Waals surface area contributed by atoms with Crippen LogP contribution in [0.3, 0.4) is 0 Å². The van der Waals surface area contributed by atoms with Gasteiger partial charge in [-0.15, -0.1) is 0 Å². The number of sulfonamides is 1. The molecule has 0 aromatic heterocycles. The van der Waals surface area contributed by atoms with Gasteiger partial charge in [-0.25, -0.2) is 8.42 Å². The number of fused-ring (bicyclic) bond motifs is 1. The van der Waals surface area contributed by atoms with Crippen molar-refractivity contribution in [2.45, 2.75) is 63.5 Å². The van der Waals surface area contributed by atoms with Crippen LogP contribution < -0.4 is 4.74 Å². The van der Waals surface area contributed by atoms with Crippen molar-refractivity contribution in [1.82, 2.24) is 9.21 Å². The van der Waals surface area contributed by atoms with Gasteiger partial charge in [-0.1, -0.05) is 25.7 Å². The second-order valence-electron chi connectivity index (χ2n) is 9.73. The largest absolute Gasteiger partial charge is 0.487 e. The molecule has 0 unspecified atom stereocenters. The minimum absolute atomic E-state index is 0.0658. The maximum atomic E-state index is 13.6. The van der Waals surface area contributed by atoms with E-state index in [1.807, 2.05) is 6.92 Å². The Kier molecular flexibility index (Phi) is 9.81. The minimum Gasteiger partial charge on any atom is -0.487 e. The molecular formula is C26H40N2O5S. The molecule has 0 bridgehead atoms. The van der Waals surface area contributed by atoms with Crippen LogP contribution in [0.4, 0.5) is 0 Å². The van der Waals surface area contributed by atoms with E-state index in [1.54, 1.807) is 25.1 Å². The molecule has 1 saturated heterocycles. The molecule has 3 atom stereocenters. The van der Waals surface area contributed by atoms with Gasteiger partial charge in [-0.2, -0.15) is 4.31 Å². The van der Waals surface area contributed by atoms with Crippen molar-refractivity contribution in [2.24, 2.45) is 11.8 Å². The topological polar surface area (TPSA) is 79.3 Å². The molecule has 0 spiro atoms. The molecule has 34 heavy (non-hydrogen) atoms.